The zero-order valence-electron chi connectivity index (χ0n) is 6.16. The highest BCUT2D eigenvalue weighted by Crippen LogP contribution is 2.03. The van der Waals surface area contributed by atoms with Crippen molar-refractivity contribution in [1.82, 2.24) is 0 Å². The Balaban J connectivity index is 3.31. The summed E-state index contributed by atoms with van der Waals surface area (Å²) in [7, 11) is 0. The largest absolute Gasteiger partial charge is 0.481 e. The predicted octanol–water partition coefficient (Wildman–Crippen LogP) is 0.516. The Bertz CT molecular complexity index is 162. The molecular formula is C7H11NO3. The summed E-state index contributed by atoms with van der Waals surface area (Å²) in [6.07, 6.45) is 0.285. The molecule has 0 unspecified atom stereocenters. The van der Waals surface area contributed by atoms with E-state index in [1.54, 1.807) is 0 Å². The van der Waals surface area contributed by atoms with E-state index in [1.165, 1.54) is 0 Å². The maximum absolute atomic E-state index is 10.0. The predicted molar refractivity (Wildman–Crippen MR) is 37.7 cm³/mol. The summed E-state index contributed by atoms with van der Waals surface area (Å²) in [5.74, 6) is -1.01. The summed E-state index contributed by atoms with van der Waals surface area (Å²) in [6.45, 7) is 0. The molecule has 0 saturated heterocycles. The molecule has 0 aromatic rings. The van der Waals surface area contributed by atoms with E-state index in [1.807, 2.05) is 6.07 Å². The van der Waals surface area contributed by atoms with Crippen LogP contribution in [0.4, 0.5) is 0 Å². The standard InChI is InChI=1S/C7H11NO3/c8-4-2-1-3-6(9)5-7(10)11/h6,9H,1-3,5H2,(H,10,11)/t6-/m1/s1. The van der Waals surface area contributed by atoms with E-state index in [2.05, 4.69) is 0 Å². The Morgan fingerprint density at radius 1 is 1.64 bits per heavy atom. The smallest absolute Gasteiger partial charge is 0.305 e. The fourth-order valence-corrected chi connectivity index (χ4v) is 0.720. The summed E-state index contributed by atoms with van der Waals surface area (Å²) in [4.78, 5) is 10.0. The number of aliphatic hydroxyl groups is 1. The SMILES string of the molecule is N#CCCC[C@@H](O)CC(=O)O. The summed E-state index contributed by atoms with van der Waals surface area (Å²) in [5, 5.41) is 25.3. The van der Waals surface area contributed by atoms with Gasteiger partial charge in [0.2, 0.25) is 0 Å². The number of carbonyl (C=O) groups is 1. The molecule has 0 amide bonds. The average molecular weight is 157 g/mol. The molecule has 0 aromatic carbocycles. The van der Waals surface area contributed by atoms with Crippen LogP contribution in [-0.4, -0.2) is 22.3 Å². The lowest BCUT2D eigenvalue weighted by Crippen LogP contribution is -2.12. The Morgan fingerprint density at radius 2 is 2.27 bits per heavy atom. The minimum Gasteiger partial charge on any atom is -0.481 e. The lowest BCUT2D eigenvalue weighted by molar-refractivity contribution is -0.139. The second kappa shape index (κ2) is 5.69. The van der Waals surface area contributed by atoms with E-state index in [4.69, 9.17) is 15.5 Å². The molecular weight excluding hydrogens is 146 g/mol. The molecule has 0 aliphatic carbocycles. The molecule has 0 radical (unpaired) electrons. The van der Waals surface area contributed by atoms with Gasteiger partial charge in [-0.3, -0.25) is 4.79 Å². The van der Waals surface area contributed by atoms with E-state index in [9.17, 15) is 4.79 Å². The Hall–Kier alpha value is -1.08. The third-order valence-corrected chi connectivity index (χ3v) is 1.24. The van der Waals surface area contributed by atoms with Crippen molar-refractivity contribution in [1.29, 1.82) is 5.26 Å². The van der Waals surface area contributed by atoms with Crippen molar-refractivity contribution in [3.8, 4) is 6.07 Å². The molecule has 0 heterocycles. The number of unbranched alkanes of at least 4 members (excludes halogenated alkanes) is 1. The van der Waals surface area contributed by atoms with Crippen molar-refractivity contribution < 1.29 is 15.0 Å². The summed E-state index contributed by atoms with van der Waals surface area (Å²) in [6, 6.07) is 1.92. The van der Waals surface area contributed by atoms with Gasteiger partial charge in [-0.2, -0.15) is 5.26 Å². The van der Waals surface area contributed by atoms with E-state index in [0.29, 0.717) is 19.3 Å². The Morgan fingerprint density at radius 3 is 2.73 bits per heavy atom. The van der Waals surface area contributed by atoms with E-state index in [0.717, 1.165) is 0 Å². The van der Waals surface area contributed by atoms with Gasteiger partial charge in [0.1, 0.15) is 0 Å². The summed E-state index contributed by atoms with van der Waals surface area (Å²) >= 11 is 0. The first-order valence-corrected chi connectivity index (χ1v) is 3.43. The van der Waals surface area contributed by atoms with E-state index < -0.39 is 12.1 Å². The van der Waals surface area contributed by atoms with Gasteiger partial charge < -0.3 is 10.2 Å². The van der Waals surface area contributed by atoms with Crippen LogP contribution in [0.15, 0.2) is 0 Å². The Labute approximate surface area is 65.1 Å². The van der Waals surface area contributed by atoms with Crippen LogP contribution in [0.2, 0.25) is 0 Å². The number of nitrogens with zero attached hydrogens (tertiary/aromatic N) is 1. The second-order valence-electron chi connectivity index (χ2n) is 2.30. The maximum Gasteiger partial charge on any atom is 0.305 e. The maximum atomic E-state index is 10.0. The first kappa shape index (κ1) is 9.92. The van der Waals surface area contributed by atoms with Crippen molar-refractivity contribution in [2.75, 3.05) is 0 Å². The average Bonchev–Trinajstić information content (AvgIpc) is 1.86. The number of nitriles is 1. The molecule has 0 spiro atoms. The molecule has 2 N–H and O–H groups in total. The van der Waals surface area contributed by atoms with Crippen molar-refractivity contribution in [2.24, 2.45) is 0 Å². The molecule has 0 aliphatic heterocycles. The molecule has 62 valence electrons. The van der Waals surface area contributed by atoms with E-state index >= 15 is 0 Å². The van der Waals surface area contributed by atoms with Crippen LogP contribution < -0.4 is 0 Å². The first-order chi connectivity index (χ1) is 5.16. The van der Waals surface area contributed by atoms with Gasteiger partial charge in [0.25, 0.3) is 0 Å². The van der Waals surface area contributed by atoms with Gasteiger partial charge in [0, 0.05) is 6.42 Å². The van der Waals surface area contributed by atoms with Gasteiger partial charge in [-0.05, 0) is 12.8 Å². The molecule has 4 nitrogen and oxygen atoms in total. The van der Waals surface area contributed by atoms with Crippen molar-refractivity contribution in [2.45, 2.75) is 31.8 Å². The van der Waals surface area contributed by atoms with E-state index in [-0.39, 0.29) is 6.42 Å². The van der Waals surface area contributed by atoms with Crippen LogP contribution >= 0.6 is 0 Å². The monoisotopic (exact) mass is 157 g/mol. The molecule has 0 rings (SSSR count). The Kier molecular flexibility index (Phi) is 5.13. The number of aliphatic carboxylic acids is 1. The minimum atomic E-state index is -1.01. The molecule has 4 heteroatoms. The number of aliphatic hydroxyl groups excluding tert-OH is 1. The number of hydrogen-bond donors (Lipinski definition) is 2. The highest BCUT2D eigenvalue weighted by molar-refractivity contribution is 5.67. The number of rotatable bonds is 5. The number of hydrogen-bond acceptors (Lipinski definition) is 3. The molecule has 1 atom stereocenters. The summed E-state index contributed by atoms with van der Waals surface area (Å²) < 4.78 is 0. The number of carboxylic acids is 1. The summed E-state index contributed by atoms with van der Waals surface area (Å²) in [5.41, 5.74) is 0. The van der Waals surface area contributed by atoms with Crippen molar-refractivity contribution in [3.63, 3.8) is 0 Å². The highest BCUT2D eigenvalue weighted by Gasteiger charge is 2.07. The van der Waals surface area contributed by atoms with Gasteiger partial charge in [-0.15, -0.1) is 0 Å². The van der Waals surface area contributed by atoms with Crippen LogP contribution in [0.3, 0.4) is 0 Å². The third-order valence-electron chi connectivity index (χ3n) is 1.24. The molecule has 0 aliphatic rings. The normalized spacial score (nSPS) is 12.0. The fourth-order valence-electron chi connectivity index (χ4n) is 0.720. The lowest BCUT2D eigenvalue weighted by atomic mass is 10.1. The molecule has 0 fully saturated rings. The molecule has 0 bridgehead atoms. The second-order valence-corrected chi connectivity index (χ2v) is 2.30. The fraction of sp³-hybridized carbons (Fsp3) is 0.714. The van der Waals surface area contributed by atoms with Gasteiger partial charge in [-0.1, -0.05) is 0 Å². The van der Waals surface area contributed by atoms with Crippen LogP contribution in [-0.2, 0) is 4.79 Å². The molecule has 0 saturated carbocycles. The minimum absolute atomic E-state index is 0.231. The van der Waals surface area contributed by atoms with Crippen LogP contribution in [0.1, 0.15) is 25.7 Å². The van der Waals surface area contributed by atoms with Crippen LogP contribution in [0.25, 0.3) is 0 Å². The van der Waals surface area contributed by atoms with Crippen molar-refractivity contribution >= 4 is 5.97 Å². The molecule has 0 aromatic heterocycles. The van der Waals surface area contributed by atoms with Crippen LogP contribution in [0, 0.1) is 11.3 Å². The van der Waals surface area contributed by atoms with Crippen LogP contribution in [0.5, 0.6) is 0 Å². The lowest BCUT2D eigenvalue weighted by Gasteiger charge is -2.04. The van der Waals surface area contributed by atoms with Gasteiger partial charge in [-0.25, -0.2) is 0 Å². The molecule has 11 heavy (non-hydrogen) atoms. The zero-order chi connectivity index (χ0) is 8.69. The quantitative estimate of drug-likeness (QED) is 0.570. The highest BCUT2D eigenvalue weighted by atomic mass is 16.4. The number of carboxylic acid groups (broad SMARTS) is 1. The van der Waals surface area contributed by atoms with Gasteiger partial charge in [0.05, 0.1) is 18.6 Å². The third kappa shape index (κ3) is 6.81. The topological polar surface area (TPSA) is 81.3 Å². The zero-order valence-corrected chi connectivity index (χ0v) is 6.16. The van der Waals surface area contributed by atoms with Gasteiger partial charge >= 0.3 is 5.97 Å². The first-order valence-electron chi connectivity index (χ1n) is 3.43. The van der Waals surface area contributed by atoms with Gasteiger partial charge in [0.15, 0.2) is 0 Å². The van der Waals surface area contributed by atoms with Crippen molar-refractivity contribution in [3.05, 3.63) is 0 Å².